The molecule has 1 aliphatic rings. The number of halogens is 2. The van der Waals surface area contributed by atoms with Crippen molar-refractivity contribution in [1.29, 1.82) is 0 Å². The molecule has 1 aliphatic heterocycles. The first kappa shape index (κ1) is 17.5. The second-order valence-electron chi connectivity index (χ2n) is 6.02. The van der Waals surface area contributed by atoms with Crippen LogP contribution < -0.4 is 11.1 Å². The Kier molecular flexibility index (Phi) is 5.18. The lowest BCUT2D eigenvalue weighted by atomic mass is 9.94. The van der Waals surface area contributed by atoms with Gasteiger partial charge >= 0.3 is 0 Å². The Balaban J connectivity index is 1.72. The molecule has 4 nitrogen and oxygen atoms in total. The highest BCUT2D eigenvalue weighted by Crippen LogP contribution is 2.45. The number of nitrogens with two attached hydrogens (primary N) is 1. The van der Waals surface area contributed by atoms with Gasteiger partial charge in [0.2, 0.25) is 0 Å². The van der Waals surface area contributed by atoms with Crippen molar-refractivity contribution >= 4 is 61.8 Å². The molecule has 3 aromatic rings. The summed E-state index contributed by atoms with van der Waals surface area (Å²) in [6.07, 6.45) is 0.874. The zero-order valence-corrected chi connectivity index (χ0v) is 16.4. The zero-order valence-electron chi connectivity index (χ0n) is 13.3. The highest BCUT2D eigenvalue weighted by Gasteiger charge is 2.29. The molecule has 132 valence electrons. The van der Waals surface area contributed by atoms with Crippen LogP contribution in [0.4, 0.5) is 5.69 Å². The number of ether oxygens (including phenoxy) is 1. The summed E-state index contributed by atoms with van der Waals surface area (Å²) in [6.45, 7) is 2.02. The number of fused-ring (bicyclic) bond motifs is 1. The largest absolute Gasteiger partial charge is 0.380 e. The van der Waals surface area contributed by atoms with Crippen LogP contribution in [-0.2, 0) is 11.3 Å². The number of pyridine rings is 1. The monoisotopic (exact) mass is 413 g/mol. The molecule has 3 aromatic heterocycles. The van der Waals surface area contributed by atoms with Crippen LogP contribution in [0.5, 0.6) is 0 Å². The standard InChI is InChI=1S/C17H17Cl2N3OS2/c18-13-6-12(21-7-9-2-1-5-24-9)17-15(22-13)14(19)16(25-17)10-3-4-23-8-11(10)20/h1-2,5-6,10-11H,3-4,7-8,20H2,(H,21,22)/t10-,11-/m0/s1. The lowest BCUT2D eigenvalue weighted by Crippen LogP contribution is -2.37. The average molecular weight is 414 g/mol. The summed E-state index contributed by atoms with van der Waals surface area (Å²) >= 11 is 16.3. The number of aromatic nitrogens is 1. The maximum Gasteiger partial charge on any atom is 0.131 e. The van der Waals surface area contributed by atoms with Crippen LogP contribution in [0.3, 0.4) is 0 Å². The Bertz CT molecular complexity index is 882. The smallest absolute Gasteiger partial charge is 0.131 e. The van der Waals surface area contributed by atoms with Gasteiger partial charge in [-0.1, -0.05) is 29.3 Å². The molecule has 2 atom stereocenters. The van der Waals surface area contributed by atoms with Crippen molar-refractivity contribution in [2.45, 2.75) is 24.9 Å². The molecule has 3 N–H and O–H groups in total. The van der Waals surface area contributed by atoms with Gasteiger partial charge in [-0.15, -0.1) is 22.7 Å². The van der Waals surface area contributed by atoms with E-state index in [0.717, 1.165) is 33.7 Å². The molecule has 0 radical (unpaired) electrons. The molecule has 0 saturated carbocycles. The highest BCUT2D eigenvalue weighted by molar-refractivity contribution is 7.20. The molecule has 4 heterocycles. The van der Waals surface area contributed by atoms with E-state index in [1.165, 1.54) is 4.88 Å². The fourth-order valence-electron chi connectivity index (χ4n) is 3.08. The predicted molar refractivity (Wildman–Crippen MR) is 107 cm³/mol. The molecule has 0 spiro atoms. The van der Waals surface area contributed by atoms with E-state index in [2.05, 4.69) is 21.7 Å². The van der Waals surface area contributed by atoms with Gasteiger partial charge in [0.25, 0.3) is 0 Å². The van der Waals surface area contributed by atoms with Gasteiger partial charge in [0.15, 0.2) is 0 Å². The molecule has 25 heavy (non-hydrogen) atoms. The lowest BCUT2D eigenvalue weighted by Gasteiger charge is -2.28. The minimum atomic E-state index is -0.0442. The first-order valence-corrected chi connectivity index (χ1v) is 10.5. The zero-order chi connectivity index (χ0) is 17.4. The minimum Gasteiger partial charge on any atom is -0.380 e. The summed E-state index contributed by atoms with van der Waals surface area (Å²) in [5, 5.41) is 6.64. The Morgan fingerprint density at radius 3 is 3.04 bits per heavy atom. The normalized spacial score (nSPS) is 20.9. The van der Waals surface area contributed by atoms with Crippen LogP contribution in [0.25, 0.3) is 10.2 Å². The molecule has 8 heteroatoms. The van der Waals surface area contributed by atoms with Crippen LogP contribution in [0, 0.1) is 0 Å². The van der Waals surface area contributed by atoms with E-state index in [0.29, 0.717) is 23.4 Å². The Hall–Kier alpha value is -0.890. The van der Waals surface area contributed by atoms with Crippen molar-refractivity contribution in [3.05, 3.63) is 43.5 Å². The van der Waals surface area contributed by atoms with Crippen LogP contribution in [-0.4, -0.2) is 24.2 Å². The fraction of sp³-hybridized carbons (Fsp3) is 0.353. The third kappa shape index (κ3) is 3.52. The van der Waals surface area contributed by atoms with E-state index in [4.69, 9.17) is 33.7 Å². The van der Waals surface area contributed by atoms with Crippen molar-refractivity contribution in [3.63, 3.8) is 0 Å². The molecule has 1 fully saturated rings. The third-order valence-corrected chi connectivity index (χ3v) is 7.26. The number of anilines is 1. The summed E-state index contributed by atoms with van der Waals surface area (Å²) in [5.41, 5.74) is 7.97. The fourth-order valence-corrected chi connectivity index (χ4v) is 5.70. The molecule has 0 unspecified atom stereocenters. The van der Waals surface area contributed by atoms with E-state index < -0.39 is 0 Å². The van der Waals surface area contributed by atoms with Crippen LogP contribution in [0.15, 0.2) is 23.6 Å². The Morgan fingerprint density at radius 1 is 1.40 bits per heavy atom. The number of rotatable bonds is 4. The molecule has 1 saturated heterocycles. The average Bonchev–Trinajstić information content (AvgIpc) is 3.22. The minimum absolute atomic E-state index is 0.0442. The Morgan fingerprint density at radius 2 is 2.28 bits per heavy atom. The lowest BCUT2D eigenvalue weighted by molar-refractivity contribution is 0.0703. The molecular weight excluding hydrogens is 397 g/mol. The van der Waals surface area contributed by atoms with Gasteiger partial charge in [-0.2, -0.15) is 0 Å². The van der Waals surface area contributed by atoms with Crippen molar-refractivity contribution in [1.82, 2.24) is 4.98 Å². The van der Waals surface area contributed by atoms with Gasteiger partial charge in [-0.3, -0.25) is 0 Å². The maximum atomic E-state index is 6.67. The summed E-state index contributed by atoms with van der Waals surface area (Å²) in [5.74, 6) is 0.198. The van der Waals surface area contributed by atoms with Crippen molar-refractivity contribution in [3.8, 4) is 0 Å². The second kappa shape index (κ2) is 7.39. The number of nitrogens with zero attached hydrogens (tertiary/aromatic N) is 1. The van der Waals surface area contributed by atoms with Gasteiger partial charge in [-0.05, 0) is 17.9 Å². The molecule has 4 rings (SSSR count). The highest BCUT2D eigenvalue weighted by atomic mass is 35.5. The van der Waals surface area contributed by atoms with Gasteiger partial charge in [0.1, 0.15) is 10.7 Å². The van der Waals surface area contributed by atoms with E-state index in [-0.39, 0.29) is 12.0 Å². The predicted octanol–water partition coefficient (Wildman–Crippen LogP) is 5.11. The first-order valence-electron chi connectivity index (χ1n) is 8.01. The van der Waals surface area contributed by atoms with Gasteiger partial charge in [0.05, 0.1) is 22.0 Å². The van der Waals surface area contributed by atoms with Crippen LogP contribution >= 0.6 is 45.9 Å². The van der Waals surface area contributed by atoms with Gasteiger partial charge in [0, 0.05) is 40.9 Å². The summed E-state index contributed by atoms with van der Waals surface area (Å²) in [6, 6.07) is 5.96. The van der Waals surface area contributed by atoms with E-state index in [9.17, 15) is 0 Å². The molecule has 0 aromatic carbocycles. The maximum absolute atomic E-state index is 6.67. The van der Waals surface area contributed by atoms with Crippen molar-refractivity contribution in [2.24, 2.45) is 5.73 Å². The van der Waals surface area contributed by atoms with E-state index in [1.54, 1.807) is 22.7 Å². The molecule has 0 amide bonds. The molecule has 0 aliphatic carbocycles. The number of thiophene rings is 2. The van der Waals surface area contributed by atoms with Crippen LogP contribution in [0.2, 0.25) is 10.2 Å². The Labute approximate surface area is 163 Å². The van der Waals surface area contributed by atoms with Gasteiger partial charge < -0.3 is 15.8 Å². The number of nitrogens with one attached hydrogen (secondary N) is 1. The van der Waals surface area contributed by atoms with Crippen LogP contribution in [0.1, 0.15) is 22.1 Å². The first-order chi connectivity index (χ1) is 12.1. The molecular formula is C17H17Cl2N3OS2. The van der Waals surface area contributed by atoms with Gasteiger partial charge in [-0.25, -0.2) is 4.98 Å². The number of hydrogen-bond donors (Lipinski definition) is 2. The van der Waals surface area contributed by atoms with Crippen molar-refractivity contribution in [2.75, 3.05) is 18.5 Å². The third-order valence-electron chi connectivity index (χ3n) is 4.35. The van der Waals surface area contributed by atoms with E-state index in [1.807, 2.05) is 12.1 Å². The number of hydrogen-bond acceptors (Lipinski definition) is 6. The molecule has 0 bridgehead atoms. The second-order valence-corrected chi connectivity index (χ2v) is 8.87. The van der Waals surface area contributed by atoms with Crippen molar-refractivity contribution < 1.29 is 4.74 Å². The summed E-state index contributed by atoms with van der Waals surface area (Å²) in [7, 11) is 0. The SMILES string of the molecule is N[C@H]1COCC[C@@H]1c1sc2c(NCc3cccs3)cc(Cl)nc2c1Cl. The summed E-state index contributed by atoms with van der Waals surface area (Å²) < 4.78 is 6.49. The van der Waals surface area contributed by atoms with E-state index >= 15 is 0 Å². The quantitative estimate of drug-likeness (QED) is 0.583. The topological polar surface area (TPSA) is 60.2 Å². The summed E-state index contributed by atoms with van der Waals surface area (Å²) in [4.78, 5) is 6.80.